The fourth-order valence-corrected chi connectivity index (χ4v) is 1.07. The van der Waals surface area contributed by atoms with Crippen LogP contribution in [0.3, 0.4) is 0 Å². The van der Waals surface area contributed by atoms with Gasteiger partial charge in [-0.1, -0.05) is 13.8 Å². The van der Waals surface area contributed by atoms with E-state index in [1.165, 1.54) is 12.1 Å². The third kappa shape index (κ3) is 3.23. The minimum absolute atomic E-state index is 0.0513. The maximum absolute atomic E-state index is 13.0. The first-order chi connectivity index (χ1) is 7.00. The van der Waals surface area contributed by atoms with E-state index in [4.69, 9.17) is 5.73 Å². The fourth-order valence-electron chi connectivity index (χ4n) is 1.07. The average molecular weight is 210 g/mol. The quantitative estimate of drug-likeness (QED) is 0.747. The van der Waals surface area contributed by atoms with Gasteiger partial charge in [0.15, 0.2) is 0 Å². The predicted octanol–water partition coefficient (Wildman–Crippen LogP) is 1.79. The molecule has 0 aromatic heterocycles. The first-order valence-corrected chi connectivity index (χ1v) is 4.84. The van der Waals surface area contributed by atoms with E-state index in [1.54, 1.807) is 0 Å². The summed E-state index contributed by atoms with van der Waals surface area (Å²) in [7, 11) is 0. The van der Waals surface area contributed by atoms with Gasteiger partial charge in [0.25, 0.3) is 5.91 Å². The molecule has 1 amide bonds. The number of rotatable bonds is 3. The van der Waals surface area contributed by atoms with Gasteiger partial charge in [-0.3, -0.25) is 4.79 Å². The topological polar surface area (TPSA) is 55.1 Å². The van der Waals surface area contributed by atoms with E-state index in [9.17, 15) is 9.18 Å². The van der Waals surface area contributed by atoms with E-state index in [-0.39, 0.29) is 11.6 Å². The van der Waals surface area contributed by atoms with Crippen molar-refractivity contribution >= 4 is 11.6 Å². The van der Waals surface area contributed by atoms with Gasteiger partial charge in [-0.15, -0.1) is 0 Å². The molecule has 0 aliphatic carbocycles. The molecule has 1 rings (SSSR count). The molecule has 0 radical (unpaired) electrons. The number of hydrogen-bond donors (Lipinski definition) is 2. The molecule has 4 heteroatoms. The predicted molar refractivity (Wildman–Crippen MR) is 58.0 cm³/mol. The van der Waals surface area contributed by atoms with Crippen LogP contribution in [0.4, 0.5) is 10.1 Å². The number of nitrogens with one attached hydrogen (secondary N) is 1. The summed E-state index contributed by atoms with van der Waals surface area (Å²) in [5, 5.41) is 2.70. The number of carbonyl (C=O) groups is 1. The van der Waals surface area contributed by atoms with E-state index in [1.807, 2.05) is 13.8 Å². The fraction of sp³-hybridized carbons (Fsp3) is 0.364. The number of benzene rings is 1. The van der Waals surface area contributed by atoms with Crippen LogP contribution in [0, 0.1) is 11.7 Å². The lowest BCUT2D eigenvalue weighted by Gasteiger charge is -2.07. The van der Waals surface area contributed by atoms with Crippen LogP contribution in [0.2, 0.25) is 0 Å². The number of halogens is 1. The summed E-state index contributed by atoms with van der Waals surface area (Å²) >= 11 is 0. The average Bonchev–Trinajstić information content (AvgIpc) is 2.18. The molecule has 0 fully saturated rings. The van der Waals surface area contributed by atoms with Gasteiger partial charge in [0, 0.05) is 12.1 Å². The van der Waals surface area contributed by atoms with Gasteiger partial charge in [0.2, 0.25) is 0 Å². The second-order valence-corrected chi connectivity index (χ2v) is 3.84. The highest BCUT2D eigenvalue weighted by Crippen LogP contribution is 2.11. The summed E-state index contributed by atoms with van der Waals surface area (Å²) in [6.45, 7) is 4.55. The highest BCUT2D eigenvalue weighted by molar-refractivity contribution is 5.94. The summed E-state index contributed by atoms with van der Waals surface area (Å²) in [6.07, 6.45) is 0. The Hall–Kier alpha value is -1.58. The van der Waals surface area contributed by atoms with Crippen molar-refractivity contribution in [3.05, 3.63) is 29.6 Å². The Bertz CT molecular complexity index is 364. The minimum atomic E-state index is -0.563. The standard InChI is InChI=1S/C11H15FN2O/c1-7(2)6-14-11(15)8-3-4-10(13)9(12)5-8/h3-5,7H,6,13H2,1-2H3,(H,14,15). The molecule has 0 atom stereocenters. The van der Waals surface area contributed by atoms with Crippen molar-refractivity contribution in [2.75, 3.05) is 12.3 Å². The molecule has 0 unspecified atom stereocenters. The SMILES string of the molecule is CC(C)CNC(=O)c1ccc(N)c(F)c1. The number of hydrogen-bond acceptors (Lipinski definition) is 2. The molecule has 15 heavy (non-hydrogen) atoms. The van der Waals surface area contributed by atoms with Crippen LogP contribution >= 0.6 is 0 Å². The molecule has 82 valence electrons. The van der Waals surface area contributed by atoms with Gasteiger partial charge >= 0.3 is 0 Å². The molecule has 0 saturated heterocycles. The monoisotopic (exact) mass is 210 g/mol. The Morgan fingerprint density at radius 3 is 2.73 bits per heavy atom. The Balaban J connectivity index is 2.70. The molecule has 0 saturated carbocycles. The van der Waals surface area contributed by atoms with Gasteiger partial charge in [0.05, 0.1) is 5.69 Å². The Labute approximate surface area is 88.5 Å². The molecular formula is C11H15FN2O. The zero-order valence-corrected chi connectivity index (χ0v) is 8.88. The number of anilines is 1. The maximum Gasteiger partial charge on any atom is 0.251 e. The Morgan fingerprint density at radius 1 is 1.53 bits per heavy atom. The Morgan fingerprint density at radius 2 is 2.20 bits per heavy atom. The van der Waals surface area contributed by atoms with Gasteiger partial charge in [-0.25, -0.2) is 4.39 Å². The van der Waals surface area contributed by atoms with Crippen molar-refractivity contribution in [2.24, 2.45) is 5.92 Å². The summed E-state index contributed by atoms with van der Waals surface area (Å²) in [6, 6.07) is 4.04. The third-order valence-electron chi connectivity index (χ3n) is 1.93. The van der Waals surface area contributed by atoms with Crippen molar-refractivity contribution in [3.8, 4) is 0 Å². The summed E-state index contributed by atoms with van der Waals surface area (Å²) in [5.74, 6) is -0.470. The van der Waals surface area contributed by atoms with Crippen LogP contribution in [0.15, 0.2) is 18.2 Å². The number of carbonyl (C=O) groups excluding carboxylic acids is 1. The Kier molecular flexibility index (Phi) is 3.66. The second kappa shape index (κ2) is 4.77. The van der Waals surface area contributed by atoms with Crippen molar-refractivity contribution in [1.29, 1.82) is 0 Å². The lowest BCUT2D eigenvalue weighted by atomic mass is 10.1. The van der Waals surface area contributed by atoms with E-state index >= 15 is 0 Å². The molecule has 3 N–H and O–H groups in total. The molecule has 1 aromatic carbocycles. The summed E-state index contributed by atoms with van der Waals surface area (Å²) < 4.78 is 13.0. The first-order valence-electron chi connectivity index (χ1n) is 4.84. The third-order valence-corrected chi connectivity index (χ3v) is 1.93. The minimum Gasteiger partial charge on any atom is -0.396 e. The van der Waals surface area contributed by atoms with Crippen LogP contribution < -0.4 is 11.1 Å². The number of nitrogens with two attached hydrogens (primary N) is 1. The van der Waals surface area contributed by atoms with Crippen LogP contribution in [0.25, 0.3) is 0 Å². The molecule has 0 bridgehead atoms. The highest BCUT2D eigenvalue weighted by atomic mass is 19.1. The van der Waals surface area contributed by atoms with Crippen LogP contribution in [-0.4, -0.2) is 12.5 Å². The van der Waals surface area contributed by atoms with E-state index in [0.717, 1.165) is 6.07 Å². The van der Waals surface area contributed by atoms with Crippen molar-refractivity contribution < 1.29 is 9.18 Å². The lowest BCUT2D eigenvalue weighted by molar-refractivity contribution is 0.0948. The van der Waals surface area contributed by atoms with Gasteiger partial charge in [-0.05, 0) is 24.1 Å². The maximum atomic E-state index is 13.0. The van der Waals surface area contributed by atoms with Crippen LogP contribution in [-0.2, 0) is 0 Å². The number of nitrogen functional groups attached to an aromatic ring is 1. The van der Waals surface area contributed by atoms with Crippen LogP contribution in [0.1, 0.15) is 24.2 Å². The zero-order valence-electron chi connectivity index (χ0n) is 8.88. The second-order valence-electron chi connectivity index (χ2n) is 3.84. The molecular weight excluding hydrogens is 195 g/mol. The van der Waals surface area contributed by atoms with Crippen molar-refractivity contribution in [2.45, 2.75) is 13.8 Å². The molecule has 0 aliphatic heterocycles. The van der Waals surface area contributed by atoms with Crippen molar-refractivity contribution in [1.82, 2.24) is 5.32 Å². The van der Waals surface area contributed by atoms with E-state index in [0.29, 0.717) is 18.0 Å². The highest BCUT2D eigenvalue weighted by Gasteiger charge is 2.08. The first kappa shape index (κ1) is 11.5. The molecule has 0 aliphatic rings. The lowest BCUT2D eigenvalue weighted by Crippen LogP contribution is -2.27. The largest absolute Gasteiger partial charge is 0.396 e. The summed E-state index contributed by atoms with van der Waals surface area (Å²) in [4.78, 5) is 11.5. The normalized spacial score (nSPS) is 10.4. The zero-order chi connectivity index (χ0) is 11.4. The molecule has 1 aromatic rings. The smallest absolute Gasteiger partial charge is 0.251 e. The van der Waals surface area contributed by atoms with Gasteiger partial charge in [-0.2, -0.15) is 0 Å². The molecule has 3 nitrogen and oxygen atoms in total. The van der Waals surface area contributed by atoms with E-state index < -0.39 is 5.82 Å². The summed E-state index contributed by atoms with van der Waals surface area (Å²) in [5.41, 5.74) is 5.65. The molecule has 0 spiro atoms. The van der Waals surface area contributed by atoms with Gasteiger partial charge < -0.3 is 11.1 Å². The van der Waals surface area contributed by atoms with E-state index in [2.05, 4.69) is 5.32 Å². The van der Waals surface area contributed by atoms with Crippen molar-refractivity contribution in [3.63, 3.8) is 0 Å². The van der Waals surface area contributed by atoms with Gasteiger partial charge in [0.1, 0.15) is 5.82 Å². The van der Waals surface area contributed by atoms with Crippen LogP contribution in [0.5, 0.6) is 0 Å². The molecule has 0 heterocycles. The number of amides is 1.